The number of anilines is 1. The van der Waals surface area contributed by atoms with E-state index in [4.69, 9.17) is 9.47 Å². The minimum atomic E-state index is -1.21. The third-order valence-electron chi connectivity index (χ3n) is 3.02. The fourth-order valence-corrected chi connectivity index (χ4v) is 1.90. The predicted octanol–water partition coefficient (Wildman–Crippen LogP) is 1.90. The van der Waals surface area contributed by atoms with Crippen LogP contribution in [-0.2, 0) is 0 Å². The average molecular weight is 313 g/mol. The highest BCUT2D eigenvalue weighted by atomic mass is 16.5. The third-order valence-corrected chi connectivity index (χ3v) is 3.02. The number of hydrogen-bond donors (Lipinski definition) is 1. The number of nitrogens with zero attached hydrogens (tertiary/aromatic N) is 1. The van der Waals surface area contributed by atoms with E-state index in [0.717, 1.165) is 5.56 Å². The number of carboxylic acid groups (broad SMARTS) is 1. The van der Waals surface area contributed by atoms with Crippen molar-refractivity contribution in [2.24, 2.45) is 5.10 Å². The van der Waals surface area contributed by atoms with Crippen LogP contribution >= 0.6 is 0 Å². The summed E-state index contributed by atoms with van der Waals surface area (Å²) < 4.78 is 10.7. The molecule has 0 aliphatic heterocycles. The van der Waals surface area contributed by atoms with Crippen molar-refractivity contribution in [3.63, 3.8) is 0 Å². The quantitative estimate of drug-likeness (QED) is 0.623. The molecular weight excluding hydrogens is 296 g/mol. The lowest BCUT2D eigenvalue weighted by Gasteiger charge is -2.09. The van der Waals surface area contributed by atoms with Crippen molar-refractivity contribution < 1.29 is 19.4 Å². The normalized spacial score (nSPS) is 10.5. The zero-order valence-corrected chi connectivity index (χ0v) is 12.9. The van der Waals surface area contributed by atoms with Gasteiger partial charge in [0.2, 0.25) is 0 Å². The summed E-state index contributed by atoms with van der Waals surface area (Å²) in [4.78, 5) is 10.7. The summed E-state index contributed by atoms with van der Waals surface area (Å²) in [7, 11) is 1.59. The van der Waals surface area contributed by atoms with Crippen LogP contribution in [0.2, 0.25) is 0 Å². The molecule has 0 spiro atoms. The van der Waals surface area contributed by atoms with Gasteiger partial charge in [0.1, 0.15) is 0 Å². The second kappa shape index (κ2) is 7.84. The molecule has 6 heteroatoms. The van der Waals surface area contributed by atoms with Gasteiger partial charge in [-0.1, -0.05) is 12.1 Å². The number of carboxylic acids is 1. The van der Waals surface area contributed by atoms with E-state index in [-0.39, 0.29) is 5.56 Å². The Labute approximate surface area is 134 Å². The van der Waals surface area contributed by atoms with E-state index in [0.29, 0.717) is 23.8 Å². The third kappa shape index (κ3) is 4.47. The number of carbonyl (C=O) groups is 1. The monoisotopic (exact) mass is 313 g/mol. The Morgan fingerprint density at radius 3 is 2.57 bits per heavy atom. The Morgan fingerprint density at radius 2 is 1.96 bits per heavy atom. The molecule has 0 atom stereocenters. The Hall–Kier alpha value is -3.02. The fraction of sp³-hybridized carbons (Fsp3) is 0.176. The van der Waals surface area contributed by atoms with Gasteiger partial charge < -0.3 is 19.4 Å². The summed E-state index contributed by atoms with van der Waals surface area (Å²) in [5.41, 5.74) is 4.46. The van der Waals surface area contributed by atoms with Crippen LogP contribution in [0.3, 0.4) is 0 Å². The molecule has 1 N–H and O–H groups in total. The first-order valence-corrected chi connectivity index (χ1v) is 7.05. The predicted molar refractivity (Wildman–Crippen MR) is 86.2 cm³/mol. The maximum absolute atomic E-state index is 10.7. The number of nitrogens with one attached hydrogen (secondary N) is 1. The smallest absolute Gasteiger partial charge is 0.161 e. The molecule has 0 heterocycles. The van der Waals surface area contributed by atoms with Crippen LogP contribution in [0.5, 0.6) is 11.5 Å². The number of aromatic carboxylic acids is 1. The van der Waals surface area contributed by atoms with Crippen molar-refractivity contribution >= 4 is 17.9 Å². The van der Waals surface area contributed by atoms with Crippen LogP contribution in [0.25, 0.3) is 0 Å². The summed E-state index contributed by atoms with van der Waals surface area (Å²) >= 11 is 0. The van der Waals surface area contributed by atoms with Gasteiger partial charge >= 0.3 is 0 Å². The first kappa shape index (κ1) is 16.4. The van der Waals surface area contributed by atoms with Crippen molar-refractivity contribution in [2.75, 3.05) is 19.1 Å². The number of benzene rings is 2. The highest BCUT2D eigenvalue weighted by Gasteiger charge is 2.04. The highest BCUT2D eigenvalue weighted by molar-refractivity contribution is 5.86. The summed E-state index contributed by atoms with van der Waals surface area (Å²) in [5, 5.41) is 14.8. The van der Waals surface area contributed by atoms with Gasteiger partial charge in [0.05, 0.1) is 31.6 Å². The molecule has 2 rings (SSSR count). The maximum atomic E-state index is 10.7. The van der Waals surface area contributed by atoms with E-state index in [1.165, 1.54) is 12.1 Å². The van der Waals surface area contributed by atoms with Crippen LogP contribution in [-0.4, -0.2) is 25.9 Å². The highest BCUT2D eigenvalue weighted by Crippen LogP contribution is 2.27. The molecule has 120 valence electrons. The van der Waals surface area contributed by atoms with E-state index >= 15 is 0 Å². The molecule has 2 aromatic rings. The molecule has 2 aromatic carbocycles. The molecule has 0 fully saturated rings. The summed E-state index contributed by atoms with van der Waals surface area (Å²) in [6.45, 7) is 2.44. The largest absolute Gasteiger partial charge is 0.545 e. The Morgan fingerprint density at radius 1 is 1.22 bits per heavy atom. The molecular formula is C17H17N2O4-. The van der Waals surface area contributed by atoms with Gasteiger partial charge in [-0.25, -0.2) is 0 Å². The maximum Gasteiger partial charge on any atom is 0.161 e. The zero-order chi connectivity index (χ0) is 16.7. The van der Waals surface area contributed by atoms with E-state index < -0.39 is 5.97 Å². The lowest BCUT2D eigenvalue weighted by Crippen LogP contribution is -2.21. The SMILES string of the molecule is CCOc1cc(/C=N\Nc2ccc(C(=O)[O-])cc2)ccc1OC. The average Bonchev–Trinajstić information content (AvgIpc) is 2.56. The first-order chi connectivity index (χ1) is 11.1. The number of hydrogen-bond acceptors (Lipinski definition) is 6. The fourth-order valence-electron chi connectivity index (χ4n) is 1.90. The van der Waals surface area contributed by atoms with Gasteiger partial charge in [-0.2, -0.15) is 5.10 Å². The molecule has 0 unspecified atom stereocenters. The molecule has 6 nitrogen and oxygen atoms in total. The molecule has 0 saturated heterocycles. The standard InChI is InChI=1S/C17H18N2O4/c1-3-23-16-10-12(4-9-15(16)22-2)11-18-19-14-7-5-13(6-8-14)17(20)21/h4-11,19H,3H2,1-2H3,(H,20,21)/p-1/b18-11-. The van der Waals surface area contributed by atoms with Gasteiger partial charge in [-0.05, 0) is 48.4 Å². The lowest BCUT2D eigenvalue weighted by atomic mass is 10.2. The zero-order valence-electron chi connectivity index (χ0n) is 12.9. The van der Waals surface area contributed by atoms with Crippen molar-refractivity contribution in [2.45, 2.75) is 6.92 Å². The Balaban J connectivity index is 2.05. The van der Waals surface area contributed by atoms with Gasteiger partial charge in [0.25, 0.3) is 0 Å². The molecule has 0 saturated carbocycles. The second-order valence-electron chi connectivity index (χ2n) is 4.58. The minimum Gasteiger partial charge on any atom is -0.545 e. The molecule has 0 aromatic heterocycles. The van der Waals surface area contributed by atoms with E-state index in [1.807, 2.05) is 19.1 Å². The van der Waals surface area contributed by atoms with Gasteiger partial charge in [0, 0.05) is 0 Å². The number of rotatable bonds is 7. The number of hydrazone groups is 1. The van der Waals surface area contributed by atoms with Gasteiger partial charge in [0.15, 0.2) is 11.5 Å². The van der Waals surface area contributed by atoms with Crippen molar-refractivity contribution in [1.82, 2.24) is 0 Å². The summed E-state index contributed by atoms with van der Waals surface area (Å²) in [5.74, 6) is 0.105. The number of ether oxygens (including phenoxy) is 2. The summed E-state index contributed by atoms with van der Waals surface area (Å²) in [6, 6.07) is 11.6. The van der Waals surface area contributed by atoms with Crippen LogP contribution in [0, 0.1) is 0 Å². The van der Waals surface area contributed by atoms with Crippen LogP contribution in [0.15, 0.2) is 47.6 Å². The lowest BCUT2D eigenvalue weighted by molar-refractivity contribution is -0.255. The van der Waals surface area contributed by atoms with Gasteiger partial charge in [-0.15, -0.1) is 0 Å². The van der Waals surface area contributed by atoms with Crippen LogP contribution in [0.4, 0.5) is 5.69 Å². The van der Waals surface area contributed by atoms with E-state index in [9.17, 15) is 9.90 Å². The topological polar surface area (TPSA) is 83.0 Å². The number of carbonyl (C=O) groups excluding carboxylic acids is 1. The molecule has 0 bridgehead atoms. The van der Waals surface area contributed by atoms with E-state index in [1.54, 1.807) is 31.5 Å². The van der Waals surface area contributed by atoms with Crippen LogP contribution in [0.1, 0.15) is 22.8 Å². The van der Waals surface area contributed by atoms with Crippen molar-refractivity contribution in [3.05, 3.63) is 53.6 Å². The Kier molecular flexibility index (Phi) is 5.57. The van der Waals surface area contributed by atoms with Gasteiger partial charge in [-0.3, -0.25) is 5.43 Å². The van der Waals surface area contributed by atoms with Crippen molar-refractivity contribution in [3.8, 4) is 11.5 Å². The first-order valence-electron chi connectivity index (χ1n) is 7.05. The molecule has 0 aliphatic rings. The molecule has 0 aliphatic carbocycles. The Bertz CT molecular complexity index is 696. The second-order valence-corrected chi connectivity index (χ2v) is 4.58. The molecule has 23 heavy (non-hydrogen) atoms. The van der Waals surface area contributed by atoms with Crippen molar-refractivity contribution in [1.29, 1.82) is 0 Å². The number of methoxy groups -OCH3 is 1. The molecule has 0 amide bonds. The summed E-state index contributed by atoms with van der Waals surface area (Å²) in [6.07, 6.45) is 1.63. The van der Waals surface area contributed by atoms with E-state index in [2.05, 4.69) is 10.5 Å². The van der Waals surface area contributed by atoms with Crippen LogP contribution < -0.4 is 20.0 Å². The minimum absolute atomic E-state index is 0.121. The molecule has 0 radical (unpaired) electrons.